The third-order valence-electron chi connectivity index (χ3n) is 5.31. The summed E-state index contributed by atoms with van der Waals surface area (Å²) in [5.41, 5.74) is 7.11. The summed E-state index contributed by atoms with van der Waals surface area (Å²) in [5, 5.41) is 12.4. The zero-order valence-electron chi connectivity index (χ0n) is 18.9. The molecule has 0 atom stereocenters. The van der Waals surface area contributed by atoms with Crippen LogP contribution in [0.2, 0.25) is 0 Å². The van der Waals surface area contributed by atoms with Crippen LogP contribution in [0.1, 0.15) is 62.7 Å². The lowest BCUT2D eigenvalue weighted by Crippen LogP contribution is -2.17. The average Bonchev–Trinajstić information content (AvgIpc) is 3.49. The highest BCUT2D eigenvalue weighted by atomic mass is 32.2. The van der Waals surface area contributed by atoms with Gasteiger partial charge in [0.2, 0.25) is 5.91 Å². The minimum Gasteiger partial charge on any atom is -0.462 e. The molecule has 0 bridgehead atoms. The van der Waals surface area contributed by atoms with Crippen LogP contribution in [0.3, 0.4) is 0 Å². The molecule has 4 rings (SSSR count). The summed E-state index contributed by atoms with van der Waals surface area (Å²) in [7, 11) is 0. The summed E-state index contributed by atoms with van der Waals surface area (Å²) in [5.74, 6) is -0.199. The van der Waals surface area contributed by atoms with E-state index in [9.17, 15) is 14.4 Å². The number of aromatic nitrogens is 3. The van der Waals surface area contributed by atoms with Crippen LogP contribution in [0.15, 0.2) is 35.5 Å². The lowest BCUT2D eigenvalue weighted by atomic mass is 10.1. The molecule has 0 unspecified atom stereocenters. The zero-order chi connectivity index (χ0) is 24.2. The van der Waals surface area contributed by atoms with Gasteiger partial charge in [-0.15, -0.1) is 21.5 Å². The maximum Gasteiger partial charge on any atom is 0.341 e. The van der Waals surface area contributed by atoms with E-state index >= 15 is 0 Å². The maximum absolute atomic E-state index is 12.8. The number of carbonyl (C=O) groups excluding carboxylic acids is 3. The monoisotopic (exact) mass is 499 g/mol. The van der Waals surface area contributed by atoms with Gasteiger partial charge in [0.15, 0.2) is 5.16 Å². The quantitative estimate of drug-likeness (QED) is 0.322. The molecular formula is C23H25N5O4S2. The number of thiophene rings is 1. The van der Waals surface area contributed by atoms with Gasteiger partial charge in [0, 0.05) is 5.92 Å². The van der Waals surface area contributed by atoms with Crippen molar-refractivity contribution < 1.29 is 19.1 Å². The molecule has 1 aliphatic rings. The first-order chi connectivity index (χ1) is 16.4. The summed E-state index contributed by atoms with van der Waals surface area (Å²) in [6, 6.07) is 10.0. The second-order valence-corrected chi connectivity index (χ2v) is 9.83. The molecule has 2 aromatic heterocycles. The highest BCUT2D eigenvalue weighted by Gasteiger charge is 2.31. The maximum atomic E-state index is 12.8. The fourth-order valence-corrected chi connectivity index (χ4v) is 5.35. The molecule has 11 heteroatoms. The van der Waals surface area contributed by atoms with E-state index < -0.39 is 11.9 Å². The summed E-state index contributed by atoms with van der Waals surface area (Å²) in [6.07, 6.45) is 2.18. The van der Waals surface area contributed by atoms with Gasteiger partial charge in [-0.05, 0) is 37.8 Å². The summed E-state index contributed by atoms with van der Waals surface area (Å²) in [6.45, 7) is 4.09. The van der Waals surface area contributed by atoms with Gasteiger partial charge in [-0.25, -0.2) is 4.79 Å². The number of nitrogens with one attached hydrogen (secondary N) is 1. The number of benzene rings is 1. The number of rotatable bonds is 10. The van der Waals surface area contributed by atoms with Gasteiger partial charge in [0.25, 0.3) is 5.91 Å². The SMILES string of the molecule is CCOC(=O)c1c(NC(=O)CSc2nnc(C3CC3)n2Cc2ccccc2)sc(C(N)=O)c1C. The largest absolute Gasteiger partial charge is 0.462 e. The Balaban J connectivity index is 1.49. The van der Waals surface area contributed by atoms with Crippen molar-refractivity contribution in [3.05, 3.63) is 57.7 Å². The first-order valence-corrected chi connectivity index (χ1v) is 12.7. The zero-order valence-corrected chi connectivity index (χ0v) is 20.5. The van der Waals surface area contributed by atoms with Crippen LogP contribution < -0.4 is 11.1 Å². The Hall–Kier alpha value is -3.18. The highest BCUT2D eigenvalue weighted by molar-refractivity contribution is 7.99. The number of hydrogen-bond donors (Lipinski definition) is 2. The van der Waals surface area contributed by atoms with Gasteiger partial charge >= 0.3 is 5.97 Å². The Morgan fingerprint density at radius 1 is 1.24 bits per heavy atom. The van der Waals surface area contributed by atoms with Crippen molar-refractivity contribution in [1.82, 2.24) is 14.8 Å². The first-order valence-electron chi connectivity index (χ1n) is 10.9. The van der Waals surface area contributed by atoms with E-state index in [4.69, 9.17) is 10.5 Å². The third kappa shape index (κ3) is 5.31. The molecule has 3 N–H and O–H groups in total. The van der Waals surface area contributed by atoms with Crippen molar-refractivity contribution in [1.29, 1.82) is 0 Å². The third-order valence-corrected chi connectivity index (χ3v) is 7.50. The standard InChI is InChI=1S/C23H25N5O4S2/c1-3-32-22(31)17-13(2)18(19(24)30)34-21(17)25-16(29)12-33-23-27-26-20(15-9-10-15)28(23)11-14-7-5-4-6-8-14/h4-8,15H,3,9-12H2,1-2H3,(H2,24,30)(H,25,29). The van der Waals surface area contributed by atoms with Crippen LogP contribution in [-0.2, 0) is 16.1 Å². The van der Waals surface area contributed by atoms with Gasteiger partial charge in [0.1, 0.15) is 10.8 Å². The molecule has 178 valence electrons. The smallest absolute Gasteiger partial charge is 0.341 e. The molecule has 1 fully saturated rings. The fraction of sp³-hybridized carbons (Fsp3) is 0.348. The molecule has 1 saturated carbocycles. The van der Waals surface area contributed by atoms with Crippen LogP contribution in [0.5, 0.6) is 0 Å². The van der Waals surface area contributed by atoms with Crippen LogP contribution in [0, 0.1) is 6.92 Å². The number of anilines is 1. The predicted molar refractivity (Wildman–Crippen MR) is 130 cm³/mol. The molecule has 0 radical (unpaired) electrons. The van der Waals surface area contributed by atoms with Crippen molar-refractivity contribution in [3.8, 4) is 0 Å². The van der Waals surface area contributed by atoms with Gasteiger partial charge in [-0.3, -0.25) is 9.59 Å². The summed E-state index contributed by atoms with van der Waals surface area (Å²) >= 11 is 2.25. The molecule has 34 heavy (non-hydrogen) atoms. The van der Waals surface area contributed by atoms with Crippen LogP contribution >= 0.6 is 23.1 Å². The fourth-order valence-electron chi connectivity index (χ4n) is 3.54. The van der Waals surface area contributed by atoms with Crippen molar-refractivity contribution in [2.24, 2.45) is 5.73 Å². The Bertz CT molecular complexity index is 1220. The second kappa shape index (κ2) is 10.4. The van der Waals surface area contributed by atoms with E-state index in [1.54, 1.807) is 13.8 Å². The van der Waals surface area contributed by atoms with Crippen LogP contribution in [0.25, 0.3) is 0 Å². The lowest BCUT2D eigenvalue weighted by molar-refractivity contribution is -0.113. The van der Waals surface area contributed by atoms with E-state index in [0.717, 1.165) is 35.6 Å². The topological polar surface area (TPSA) is 129 Å². The number of esters is 1. The summed E-state index contributed by atoms with van der Waals surface area (Å²) < 4.78 is 7.16. The second-order valence-electron chi connectivity index (χ2n) is 7.87. The molecule has 0 saturated heterocycles. The number of ether oxygens (including phenoxy) is 1. The molecule has 2 amide bonds. The van der Waals surface area contributed by atoms with E-state index in [0.29, 0.717) is 23.2 Å². The number of nitrogens with two attached hydrogens (primary N) is 1. The van der Waals surface area contributed by atoms with Crippen molar-refractivity contribution >= 4 is 45.9 Å². The molecule has 1 aromatic carbocycles. The molecule has 9 nitrogen and oxygen atoms in total. The molecule has 0 aliphatic heterocycles. The molecule has 1 aliphatic carbocycles. The Labute approximate surface area is 205 Å². The van der Waals surface area contributed by atoms with E-state index in [1.165, 1.54) is 11.8 Å². The van der Waals surface area contributed by atoms with Crippen molar-refractivity contribution in [2.45, 2.75) is 44.3 Å². The number of nitrogens with zero attached hydrogens (tertiary/aromatic N) is 3. The van der Waals surface area contributed by atoms with E-state index in [1.807, 2.05) is 30.3 Å². The number of amides is 2. The van der Waals surface area contributed by atoms with Gasteiger partial charge in [0.05, 0.1) is 29.3 Å². The van der Waals surface area contributed by atoms with Crippen molar-refractivity contribution in [3.63, 3.8) is 0 Å². The molecule has 2 heterocycles. The Morgan fingerprint density at radius 3 is 2.62 bits per heavy atom. The first kappa shape index (κ1) is 24.0. The normalized spacial score (nSPS) is 13.0. The van der Waals surface area contributed by atoms with Gasteiger partial charge < -0.3 is 20.4 Å². The summed E-state index contributed by atoms with van der Waals surface area (Å²) in [4.78, 5) is 37.2. The van der Waals surface area contributed by atoms with Crippen LogP contribution in [0.4, 0.5) is 5.00 Å². The molecule has 0 spiro atoms. The lowest BCUT2D eigenvalue weighted by Gasteiger charge is -2.10. The van der Waals surface area contributed by atoms with Crippen molar-refractivity contribution in [2.75, 3.05) is 17.7 Å². The van der Waals surface area contributed by atoms with E-state index in [-0.39, 0.29) is 33.7 Å². The molecular weight excluding hydrogens is 474 g/mol. The minimum absolute atomic E-state index is 0.0582. The number of thioether (sulfide) groups is 1. The molecule has 3 aromatic rings. The Morgan fingerprint density at radius 2 is 1.97 bits per heavy atom. The minimum atomic E-state index is -0.662. The van der Waals surface area contributed by atoms with E-state index in [2.05, 4.69) is 20.1 Å². The highest BCUT2D eigenvalue weighted by Crippen LogP contribution is 2.40. The number of carbonyl (C=O) groups is 3. The average molecular weight is 500 g/mol. The predicted octanol–water partition coefficient (Wildman–Crippen LogP) is 3.58. The van der Waals surface area contributed by atoms with Gasteiger partial charge in [-0.1, -0.05) is 42.1 Å². The Kier molecular flexibility index (Phi) is 7.32. The number of primary amides is 1. The number of hydrogen-bond acceptors (Lipinski definition) is 8. The van der Waals surface area contributed by atoms with Gasteiger partial charge in [-0.2, -0.15) is 0 Å². The van der Waals surface area contributed by atoms with Crippen LogP contribution in [-0.4, -0.2) is 44.9 Å².